The number of carbonyl (C=O) groups excluding carboxylic acids is 1. The van der Waals surface area contributed by atoms with Gasteiger partial charge >= 0.3 is 5.97 Å². The van der Waals surface area contributed by atoms with E-state index in [0.29, 0.717) is 34.6 Å². The molecule has 0 radical (unpaired) electrons. The number of nitrogens with zero attached hydrogens (tertiary/aromatic N) is 1. The number of carboxylic acid groups (broad SMARTS) is 1. The first-order valence-electron chi connectivity index (χ1n) is 12.4. The molecule has 0 fully saturated rings. The van der Waals surface area contributed by atoms with Crippen LogP contribution in [-0.2, 0) is 17.9 Å². The molecule has 204 valence electrons. The van der Waals surface area contributed by atoms with E-state index in [4.69, 9.17) is 16.3 Å². The minimum Gasteiger partial charge on any atom is -0.489 e. The highest BCUT2D eigenvalue weighted by Crippen LogP contribution is 2.34. The number of halogens is 2. The monoisotopic (exact) mass is 611 g/mol. The second-order valence-corrected chi connectivity index (χ2v) is 11.8. The number of aromatic nitrogens is 1. The SMILES string of the molecule is CN(Cc1ccc(OCc2ccccc2Br)cc1)C(C(=O)NC(C)(C)C)c1c(C(=O)O)[nH]c2cc(Cl)ccc12. The van der Waals surface area contributed by atoms with E-state index in [1.807, 2.05) is 81.2 Å². The van der Waals surface area contributed by atoms with Crippen molar-refractivity contribution in [3.05, 3.63) is 98.6 Å². The summed E-state index contributed by atoms with van der Waals surface area (Å²) < 4.78 is 6.93. The van der Waals surface area contributed by atoms with Crippen molar-refractivity contribution in [3.63, 3.8) is 0 Å². The van der Waals surface area contributed by atoms with Crippen LogP contribution in [0.5, 0.6) is 5.75 Å². The van der Waals surface area contributed by atoms with E-state index >= 15 is 0 Å². The van der Waals surface area contributed by atoms with E-state index in [1.54, 1.807) is 18.2 Å². The number of benzene rings is 3. The van der Waals surface area contributed by atoms with Crippen LogP contribution < -0.4 is 10.1 Å². The maximum atomic E-state index is 13.7. The lowest BCUT2D eigenvalue weighted by molar-refractivity contribution is -0.127. The Morgan fingerprint density at radius 1 is 1.10 bits per heavy atom. The largest absolute Gasteiger partial charge is 0.489 e. The molecule has 0 aliphatic heterocycles. The molecule has 0 bridgehead atoms. The molecule has 9 heteroatoms. The first-order chi connectivity index (χ1) is 18.4. The molecule has 4 rings (SSSR count). The summed E-state index contributed by atoms with van der Waals surface area (Å²) >= 11 is 9.70. The van der Waals surface area contributed by atoms with Gasteiger partial charge in [-0.2, -0.15) is 0 Å². The van der Waals surface area contributed by atoms with Crippen LogP contribution in [0.25, 0.3) is 10.9 Å². The van der Waals surface area contributed by atoms with Crippen LogP contribution in [0.2, 0.25) is 5.02 Å². The zero-order chi connectivity index (χ0) is 28.3. The third kappa shape index (κ3) is 7.01. The van der Waals surface area contributed by atoms with Crippen molar-refractivity contribution in [3.8, 4) is 5.75 Å². The molecular formula is C30H31BrClN3O4. The predicted octanol–water partition coefficient (Wildman–Crippen LogP) is 6.95. The Balaban J connectivity index is 1.62. The molecule has 3 N–H and O–H groups in total. The van der Waals surface area contributed by atoms with E-state index < -0.39 is 17.6 Å². The van der Waals surface area contributed by atoms with Crippen LogP contribution in [0, 0.1) is 0 Å². The lowest BCUT2D eigenvalue weighted by atomic mass is 9.98. The number of hydrogen-bond donors (Lipinski definition) is 3. The third-order valence-electron chi connectivity index (χ3n) is 6.18. The summed E-state index contributed by atoms with van der Waals surface area (Å²) in [5, 5.41) is 14.1. The number of likely N-dealkylation sites (N-methyl/N-ethyl adjacent to an activating group) is 1. The van der Waals surface area contributed by atoms with Gasteiger partial charge in [0.2, 0.25) is 5.91 Å². The summed E-state index contributed by atoms with van der Waals surface area (Å²) in [6.07, 6.45) is 0. The average Bonchev–Trinajstić information content (AvgIpc) is 3.22. The highest BCUT2D eigenvalue weighted by atomic mass is 79.9. The maximum absolute atomic E-state index is 13.7. The number of carbonyl (C=O) groups is 2. The van der Waals surface area contributed by atoms with Gasteiger partial charge in [-0.25, -0.2) is 4.79 Å². The zero-order valence-corrected chi connectivity index (χ0v) is 24.6. The summed E-state index contributed by atoms with van der Waals surface area (Å²) in [5.41, 5.74) is 2.39. The first-order valence-corrected chi connectivity index (χ1v) is 13.6. The number of nitrogens with one attached hydrogen (secondary N) is 2. The van der Waals surface area contributed by atoms with Crippen molar-refractivity contribution in [2.45, 2.75) is 45.5 Å². The number of ether oxygens (including phenoxy) is 1. The fourth-order valence-corrected chi connectivity index (χ4v) is 5.05. The van der Waals surface area contributed by atoms with E-state index in [0.717, 1.165) is 21.3 Å². The van der Waals surface area contributed by atoms with Crippen LogP contribution in [-0.4, -0.2) is 39.5 Å². The summed E-state index contributed by atoms with van der Waals surface area (Å²) in [5.74, 6) is -0.719. The van der Waals surface area contributed by atoms with Crippen molar-refractivity contribution in [1.29, 1.82) is 0 Å². The van der Waals surface area contributed by atoms with Gasteiger partial charge in [0.15, 0.2) is 0 Å². The number of rotatable bonds is 9. The molecule has 39 heavy (non-hydrogen) atoms. The van der Waals surface area contributed by atoms with Crippen LogP contribution in [0.3, 0.4) is 0 Å². The van der Waals surface area contributed by atoms with Gasteiger partial charge in [-0.15, -0.1) is 0 Å². The second-order valence-electron chi connectivity index (χ2n) is 10.5. The lowest BCUT2D eigenvalue weighted by Crippen LogP contribution is -2.47. The Kier molecular flexibility index (Phi) is 8.69. The van der Waals surface area contributed by atoms with Crippen molar-refractivity contribution >= 4 is 50.3 Å². The number of amides is 1. The highest BCUT2D eigenvalue weighted by Gasteiger charge is 2.34. The molecule has 7 nitrogen and oxygen atoms in total. The van der Waals surface area contributed by atoms with Gasteiger partial charge in [-0.05, 0) is 63.7 Å². The average molecular weight is 613 g/mol. The molecule has 1 aromatic heterocycles. The highest BCUT2D eigenvalue weighted by molar-refractivity contribution is 9.10. The van der Waals surface area contributed by atoms with Crippen LogP contribution >= 0.6 is 27.5 Å². The smallest absolute Gasteiger partial charge is 0.352 e. The molecule has 4 aromatic rings. The molecule has 0 saturated heterocycles. The number of H-pyrrole nitrogens is 1. The number of hydrogen-bond acceptors (Lipinski definition) is 4. The van der Waals surface area contributed by atoms with Gasteiger partial charge in [0.05, 0.1) is 0 Å². The molecule has 1 heterocycles. The third-order valence-corrected chi connectivity index (χ3v) is 7.19. The van der Waals surface area contributed by atoms with Crippen LogP contribution in [0.15, 0.2) is 71.2 Å². The molecular weight excluding hydrogens is 582 g/mol. The molecule has 1 unspecified atom stereocenters. The second kappa shape index (κ2) is 11.8. The van der Waals surface area contributed by atoms with Crippen LogP contribution in [0.1, 0.15) is 54.0 Å². The summed E-state index contributed by atoms with van der Waals surface area (Å²) in [6, 6.07) is 19.8. The van der Waals surface area contributed by atoms with Gasteiger partial charge in [-0.1, -0.05) is 63.9 Å². The zero-order valence-electron chi connectivity index (χ0n) is 22.2. The Morgan fingerprint density at radius 2 is 1.79 bits per heavy atom. The number of fused-ring (bicyclic) bond motifs is 1. The predicted molar refractivity (Wildman–Crippen MR) is 157 cm³/mol. The number of carboxylic acids is 1. The van der Waals surface area contributed by atoms with E-state index in [9.17, 15) is 14.7 Å². The molecule has 0 aliphatic carbocycles. The minimum absolute atomic E-state index is 0.0380. The lowest BCUT2D eigenvalue weighted by Gasteiger charge is -2.31. The topological polar surface area (TPSA) is 94.7 Å². The molecule has 1 atom stereocenters. The van der Waals surface area contributed by atoms with E-state index in [-0.39, 0.29) is 11.6 Å². The Hall–Kier alpha value is -3.33. The van der Waals surface area contributed by atoms with Gasteiger partial charge in [0.1, 0.15) is 24.1 Å². The van der Waals surface area contributed by atoms with Gasteiger partial charge in [0.25, 0.3) is 0 Å². The Bertz CT molecular complexity index is 1490. The van der Waals surface area contributed by atoms with Crippen molar-refractivity contribution in [1.82, 2.24) is 15.2 Å². The van der Waals surface area contributed by atoms with Crippen LogP contribution in [0.4, 0.5) is 0 Å². The Morgan fingerprint density at radius 3 is 2.44 bits per heavy atom. The fourth-order valence-electron chi connectivity index (χ4n) is 4.48. The number of aromatic carboxylic acids is 1. The summed E-state index contributed by atoms with van der Waals surface area (Å²) in [7, 11) is 1.81. The quantitative estimate of drug-likeness (QED) is 0.190. The summed E-state index contributed by atoms with van der Waals surface area (Å²) in [6.45, 7) is 6.50. The van der Waals surface area contributed by atoms with Crippen molar-refractivity contribution < 1.29 is 19.4 Å². The number of aromatic amines is 1. The van der Waals surface area contributed by atoms with Gasteiger partial charge < -0.3 is 20.1 Å². The van der Waals surface area contributed by atoms with E-state index in [1.165, 1.54) is 0 Å². The molecule has 0 aliphatic rings. The summed E-state index contributed by atoms with van der Waals surface area (Å²) in [4.78, 5) is 30.7. The van der Waals surface area contributed by atoms with E-state index in [2.05, 4.69) is 26.2 Å². The molecule has 1 amide bonds. The minimum atomic E-state index is -1.15. The van der Waals surface area contributed by atoms with Crippen molar-refractivity contribution in [2.24, 2.45) is 0 Å². The normalized spacial score (nSPS) is 12.5. The molecule has 3 aromatic carbocycles. The maximum Gasteiger partial charge on any atom is 0.352 e. The van der Waals surface area contributed by atoms with Gasteiger partial charge in [-0.3, -0.25) is 9.69 Å². The first kappa shape index (κ1) is 28.7. The molecule has 0 saturated carbocycles. The molecule has 0 spiro atoms. The Labute approximate surface area is 241 Å². The van der Waals surface area contributed by atoms with Crippen molar-refractivity contribution in [2.75, 3.05) is 7.05 Å². The van der Waals surface area contributed by atoms with Gasteiger partial charge in [0, 0.05) is 43.6 Å². The standard InChI is InChI=1S/C30H31BrClN3O4/c1-30(2,3)34-28(36)27(25-22-14-11-20(32)15-24(22)33-26(25)29(37)38)35(4)16-18-9-12-21(13-10-18)39-17-19-7-5-6-8-23(19)31/h5-15,27,33H,16-17H2,1-4H3,(H,34,36)(H,37,38). The fraction of sp³-hybridized carbons (Fsp3) is 0.267.